The van der Waals surface area contributed by atoms with Gasteiger partial charge < -0.3 is 4.57 Å². The zero-order valence-corrected chi connectivity index (χ0v) is 19.6. The Labute approximate surface area is 185 Å². The highest BCUT2D eigenvalue weighted by atomic mass is 16.5. The van der Waals surface area contributed by atoms with E-state index in [0.717, 1.165) is 31.3 Å². The second kappa shape index (κ2) is 7.03. The third-order valence-electron chi connectivity index (χ3n) is 9.76. The van der Waals surface area contributed by atoms with Crippen LogP contribution in [0.3, 0.4) is 0 Å². The Morgan fingerprint density at radius 1 is 1.13 bits per heavy atom. The Morgan fingerprint density at radius 3 is 2.74 bits per heavy atom. The lowest BCUT2D eigenvalue weighted by Crippen LogP contribution is -2.52. The van der Waals surface area contributed by atoms with Gasteiger partial charge in [0.05, 0.1) is 11.9 Å². The van der Waals surface area contributed by atoms with Crippen molar-refractivity contribution in [2.24, 2.45) is 22.7 Å². The molecule has 31 heavy (non-hydrogen) atoms. The van der Waals surface area contributed by atoms with Crippen LogP contribution in [0.1, 0.15) is 79.1 Å². The molecule has 2 aromatic rings. The van der Waals surface area contributed by atoms with E-state index in [1.165, 1.54) is 49.1 Å². The maximum absolute atomic E-state index is 11.4. The second-order valence-corrected chi connectivity index (χ2v) is 11.3. The molecule has 3 heterocycles. The topological polar surface area (TPSA) is 67.1 Å². The Hall–Kier alpha value is -1.95. The molecular weight excluding hydrogens is 386 g/mol. The summed E-state index contributed by atoms with van der Waals surface area (Å²) < 4.78 is 2.09. The lowest BCUT2D eigenvalue weighted by Gasteiger charge is -2.59. The third-order valence-corrected chi connectivity index (χ3v) is 9.76. The molecule has 0 aromatic carbocycles. The first-order valence-corrected chi connectivity index (χ1v) is 12.0. The number of hydrogen-bond acceptors (Lipinski definition) is 5. The van der Waals surface area contributed by atoms with Crippen LogP contribution in [0.4, 0.5) is 5.82 Å². The van der Waals surface area contributed by atoms with Crippen molar-refractivity contribution in [3.63, 3.8) is 0 Å². The van der Waals surface area contributed by atoms with Crippen LogP contribution in [-0.4, -0.2) is 30.3 Å². The number of nitrogens with zero attached hydrogens (tertiary/aromatic N) is 5. The Kier molecular flexibility index (Phi) is 4.74. The highest BCUT2D eigenvalue weighted by Gasteiger charge is 2.54. The summed E-state index contributed by atoms with van der Waals surface area (Å²) in [6, 6.07) is 0. The van der Waals surface area contributed by atoms with Gasteiger partial charge in [0, 0.05) is 6.54 Å². The molecule has 2 aromatic heterocycles. The molecule has 0 amide bonds. The van der Waals surface area contributed by atoms with Crippen LogP contribution in [0, 0.1) is 22.7 Å². The zero-order chi connectivity index (χ0) is 22.0. The van der Waals surface area contributed by atoms with Gasteiger partial charge in [-0.3, -0.25) is 5.21 Å². The van der Waals surface area contributed by atoms with E-state index in [2.05, 4.69) is 53.8 Å². The van der Waals surface area contributed by atoms with Gasteiger partial charge in [0.2, 0.25) is 0 Å². The lowest BCUT2D eigenvalue weighted by atomic mass is 9.46. The normalized spacial score (nSPS) is 38.2. The molecule has 0 bridgehead atoms. The number of anilines is 1. The number of imidazole rings is 1. The highest BCUT2D eigenvalue weighted by molar-refractivity contribution is 5.83. The van der Waals surface area contributed by atoms with Gasteiger partial charge in [-0.2, -0.15) is 0 Å². The van der Waals surface area contributed by atoms with Gasteiger partial charge >= 0.3 is 0 Å². The van der Waals surface area contributed by atoms with Gasteiger partial charge in [-0.05, 0) is 81.0 Å². The van der Waals surface area contributed by atoms with Crippen LogP contribution >= 0.6 is 0 Å². The minimum Gasteiger partial charge on any atom is -0.326 e. The highest BCUT2D eigenvalue weighted by Crippen LogP contribution is 2.63. The summed E-state index contributed by atoms with van der Waals surface area (Å²) in [5, 5.41) is 12.8. The van der Waals surface area contributed by atoms with Gasteiger partial charge in [-0.15, -0.1) is 0 Å². The molecule has 5 atom stereocenters. The molecule has 2 saturated carbocycles. The molecule has 5 rings (SSSR count). The van der Waals surface area contributed by atoms with Gasteiger partial charge in [0.1, 0.15) is 11.8 Å². The van der Waals surface area contributed by atoms with E-state index in [9.17, 15) is 5.21 Å². The van der Waals surface area contributed by atoms with E-state index in [0.29, 0.717) is 23.3 Å². The van der Waals surface area contributed by atoms with E-state index in [4.69, 9.17) is 0 Å². The maximum atomic E-state index is 11.4. The SMILES string of the molecule is C=C1CCCC2C1(C)CCC(C)C2(C)CCC1(C)CCn2cnc3ncnc(c32)N1O. The smallest absolute Gasteiger partial charge is 0.183 e. The molecule has 1 aliphatic heterocycles. The van der Waals surface area contributed by atoms with Crippen LogP contribution in [0.2, 0.25) is 0 Å². The first kappa shape index (κ1) is 20.9. The summed E-state index contributed by atoms with van der Waals surface area (Å²) in [5.74, 6) is 1.94. The van der Waals surface area contributed by atoms with Crippen LogP contribution in [0.5, 0.6) is 0 Å². The van der Waals surface area contributed by atoms with Crippen molar-refractivity contribution in [1.29, 1.82) is 0 Å². The van der Waals surface area contributed by atoms with E-state index in [-0.39, 0.29) is 16.4 Å². The summed E-state index contributed by atoms with van der Waals surface area (Å²) >= 11 is 0. The Morgan fingerprint density at radius 2 is 1.94 bits per heavy atom. The Bertz CT molecular complexity index is 1020. The molecule has 0 saturated heterocycles. The molecule has 0 spiro atoms. The third kappa shape index (κ3) is 2.97. The number of aryl methyl sites for hydroxylation is 1. The largest absolute Gasteiger partial charge is 0.326 e. The monoisotopic (exact) mass is 423 g/mol. The van der Waals surface area contributed by atoms with E-state index in [1.54, 1.807) is 0 Å². The van der Waals surface area contributed by atoms with Crippen LogP contribution in [0.15, 0.2) is 24.8 Å². The predicted octanol–water partition coefficient (Wildman–Crippen LogP) is 5.76. The second-order valence-electron chi connectivity index (χ2n) is 11.3. The average Bonchev–Trinajstić information content (AvgIpc) is 3.14. The number of hydroxylamine groups is 1. The number of allylic oxidation sites excluding steroid dienone is 1. The van der Waals surface area contributed by atoms with Crippen LogP contribution in [0.25, 0.3) is 11.2 Å². The molecule has 6 heteroatoms. The summed E-state index contributed by atoms with van der Waals surface area (Å²) in [6.07, 6.45) is 12.5. The van der Waals surface area contributed by atoms with Crippen molar-refractivity contribution in [3.05, 3.63) is 24.8 Å². The number of rotatable bonds is 3. The molecular formula is C25H37N5O. The van der Waals surface area contributed by atoms with Crippen molar-refractivity contribution >= 4 is 17.0 Å². The lowest BCUT2D eigenvalue weighted by molar-refractivity contribution is -0.0605. The number of aromatic nitrogens is 4. The van der Waals surface area contributed by atoms with Crippen LogP contribution < -0.4 is 5.06 Å². The van der Waals surface area contributed by atoms with Gasteiger partial charge in [-0.25, -0.2) is 20.0 Å². The zero-order valence-electron chi connectivity index (χ0n) is 19.6. The minimum absolute atomic E-state index is 0.254. The van der Waals surface area contributed by atoms with Gasteiger partial charge in [0.25, 0.3) is 0 Å². The summed E-state index contributed by atoms with van der Waals surface area (Å²) in [4.78, 5) is 13.1. The van der Waals surface area contributed by atoms with E-state index >= 15 is 0 Å². The average molecular weight is 424 g/mol. The molecule has 0 radical (unpaired) electrons. The number of fused-ring (bicyclic) bond motifs is 1. The minimum atomic E-state index is -0.372. The molecule has 6 nitrogen and oxygen atoms in total. The van der Waals surface area contributed by atoms with Gasteiger partial charge in [-0.1, -0.05) is 32.9 Å². The van der Waals surface area contributed by atoms with Gasteiger partial charge in [0.15, 0.2) is 11.5 Å². The fraction of sp³-hybridized carbons (Fsp3) is 0.720. The predicted molar refractivity (Wildman–Crippen MR) is 123 cm³/mol. The molecule has 5 unspecified atom stereocenters. The first-order chi connectivity index (χ1) is 14.7. The van der Waals surface area contributed by atoms with Crippen LogP contribution in [-0.2, 0) is 6.54 Å². The van der Waals surface area contributed by atoms with Crippen molar-refractivity contribution < 1.29 is 5.21 Å². The fourth-order valence-corrected chi connectivity index (χ4v) is 7.10. The van der Waals surface area contributed by atoms with Crippen molar-refractivity contribution in [3.8, 4) is 0 Å². The summed E-state index contributed by atoms with van der Waals surface area (Å²) in [6.45, 7) is 15.0. The summed E-state index contributed by atoms with van der Waals surface area (Å²) in [7, 11) is 0. The standard InChI is InChI=1S/C25H37N5O/c1-17-7-6-8-19-24(17,4)10-9-18(2)25(19,5)12-11-23(3)13-14-29-16-28-21-20(29)22(30(23)31)27-15-26-21/h15-16,18-19,31H,1,6-14H2,2-5H3. The van der Waals surface area contributed by atoms with Crippen molar-refractivity contribution in [2.45, 2.75) is 91.1 Å². The maximum Gasteiger partial charge on any atom is 0.183 e. The summed E-state index contributed by atoms with van der Waals surface area (Å²) in [5.41, 5.74) is 3.11. The quantitative estimate of drug-likeness (QED) is 0.635. The molecule has 2 aliphatic carbocycles. The Balaban J connectivity index is 1.44. The molecule has 2 fully saturated rings. The molecule has 3 aliphatic rings. The molecule has 1 N–H and O–H groups in total. The molecule has 168 valence electrons. The first-order valence-electron chi connectivity index (χ1n) is 12.0. The van der Waals surface area contributed by atoms with Crippen molar-refractivity contribution in [1.82, 2.24) is 19.5 Å². The van der Waals surface area contributed by atoms with Crippen molar-refractivity contribution in [2.75, 3.05) is 5.06 Å². The van der Waals surface area contributed by atoms with E-state index in [1.807, 2.05) is 6.33 Å². The fourth-order valence-electron chi connectivity index (χ4n) is 7.10. The number of hydrogen-bond donors (Lipinski definition) is 1. The van der Waals surface area contributed by atoms with E-state index < -0.39 is 0 Å².